The molecule has 0 saturated heterocycles. The summed E-state index contributed by atoms with van der Waals surface area (Å²) in [6, 6.07) is 4.68. The Morgan fingerprint density at radius 3 is 2.51 bits per heavy atom. The van der Waals surface area contributed by atoms with Crippen LogP contribution in [0.15, 0.2) is 29.1 Å². The van der Waals surface area contributed by atoms with Crippen molar-refractivity contribution in [1.29, 1.82) is 0 Å². The molecule has 2 heterocycles. The van der Waals surface area contributed by atoms with Crippen molar-refractivity contribution < 1.29 is 31.8 Å². The maximum Gasteiger partial charge on any atom is 0.425 e. The lowest BCUT2D eigenvalue weighted by molar-refractivity contribution is -0.188. The second-order valence-electron chi connectivity index (χ2n) is 7.94. The van der Waals surface area contributed by atoms with Gasteiger partial charge in [0.05, 0.1) is 16.1 Å². The van der Waals surface area contributed by atoms with Crippen molar-refractivity contribution in [1.82, 2.24) is 24.1 Å². The van der Waals surface area contributed by atoms with Gasteiger partial charge < -0.3 is 15.2 Å². The lowest BCUT2D eigenvalue weighted by Gasteiger charge is -2.19. The molecule has 0 unspecified atom stereocenters. The Balaban J connectivity index is 2.01. The van der Waals surface area contributed by atoms with Crippen molar-refractivity contribution >= 4 is 34.0 Å². The van der Waals surface area contributed by atoms with Crippen LogP contribution in [0.5, 0.6) is 5.75 Å². The highest BCUT2D eigenvalue weighted by Gasteiger charge is 2.39. The number of hydrogen-bond donors (Lipinski definition) is 2. The summed E-state index contributed by atoms with van der Waals surface area (Å²) in [7, 11) is 1.30. The Bertz CT molecular complexity index is 1520. The maximum absolute atomic E-state index is 15.9. The number of aliphatic hydroxyl groups is 1. The van der Waals surface area contributed by atoms with Gasteiger partial charge in [0.15, 0.2) is 23.6 Å². The van der Waals surface area contributed by atoms with Gasteiger partial charge in [-0.25, -0.2) is 13.6 Å². The van der Waals surface area contributed by atoms with Crippen molar-refractivity contribution in [2.24, 2.45) is 7.05 Å². The van der Waals surface area contributed by atoms with Gasteiger partial charge in [0.1, 0.15) is 29.4 Å². The highest BCUT2D eigenvalue weighted by atomic mass is 35.5. The number of hydrogen-bond acceptors (Lipinski definition) is 6. The summed E-state index contributed by atoms with van der Waals surface area (Å²) in [5, 5.41) is 19.8. The zero-order chi connectivity index (χ0) is 27.2. The second kappa shape index (κ2) is 9.67. The number of nitrogens with one attached hydrogen (secondary N) is 1. The van der Waals surface area contributed by atoms with E-state index < -0.39 is 47.6 Å². The number of anilines is 2. The minimum Gasteiger partial charge on any atom is -0.480 e. The van der Waals surface area contributed by atoms with Crippen molar-refractivity contribution in [2.45, 2.75) is 39.3 Å². The Hall–Kier alpha value is -3.65. The molecule has 0 fully saturated rings. The summed E-state index contributed by atoms with van der Waals surface area (Å²) in [4.78, 5) is 12.8. The normalized spacial score (nSPS) is 12.8. The van der Waals surface area contributed by atoms with Crippen molar-refractivity contribution in [3.05, 3.63) is 57.2 Å². The molecule has 0 aliphatic rings. The maximum atomic E-state index is 15.9. The first-order valence-corrected chi connectivity index (χ1v) is 11.2. The first-order valence-electron chi connectivity index (χ1n) is 10.8. The molecule has 0 amide bonds. The number of aromatic nitrogens is 5. The van der Waals surface area contributed by atoms with Crippen LogP contribution in [0.1, 0.15) is 19.7 Å². The predicted octanol–water partition coefficient (Wildman–Crippen LogP) is 4.44. The van der Waals surface area contributed by atoms with E-state index in [0.29, 0.717) is 4.68 Å². The molecule has 198 valence electrons. The average molecular weight is 547 g/mol. The molecule has 37 heavy (non-hydrogen) atoms. The zero-order valence-corrected chi connectivity index (χ0v) is 20.3. The fraction of sp³-hybridized carbons (Fsp3) is 0.318. The van der Waals surface area contributed by atoms with E-state index in [1.807, 2.05) is 0 Å². The molecule has 0 spiro atoms. The number of aryl methyl sites for hydroxylation is 1. The lowest BCUT2D eigenvalue weighted by atomic mass is 10.1. The molecule has 1 atom stereocenters. The minimum absolute atomic E-state index is 0.0600. The summed E-state index contributed by atoms with van der Waals surface area (Å²) in [5.74, 6) is -2.70. The summed E-state index contributed by atoms with van der Waals surface area (Å²) in [6.45, 7) is 1.79. The summed E-state index contributed by atoms with van der Waals surface area (Å²) in [5.41, 5.74) is -1.98. The number of benzene rings is 2. The van der Waals surface area contributed by atoms with Gasteiger partial charge in [0.25, 0.3) is 0 Å². The third kappa shape index (κ3) is 4.62. The molecule has 15 heteroatoms. The van der Waals surface area contributed by atoms with E-state index in [1.165, 1.54) is 19.2 Å². The monoisotopic (exact) mass is 546 g/mol. The summed E-state index contributed by atoms with van der Waals surface area (Å²) < 4.78 is 78.4. The Kier molecular flexibility index (Phi) is 6.90. The van der Waals surface area contributed by atoms with Gasteiger partial charge in [-0.15, -0.1) is 5.10 Å². The number of aliphatic hydroxyl groups excluding tert-OH is 1. The molecule has 4 rings (SSSR count). The van der Waals surface area contributed by atoms with Gasteiger partial charge in [-0.2, -0.15) is 23.0 Å². The predicted molar refractivity (Wildman–Crippen MR) is 124 cm³/mol. The molecule has 0 aliphatic carbocycles. The van der Waals surface area contributed by atoms with E-state index in [1.54, 1.807) is 6.92 Å². The standard InChI is InChI=1S/C22H20ClF5N6O3/c1-4-33-15(9-35)30-34(21(33)36)13-8-14(37-10(2)22(26,27)28)16-19(17(13)25)32(3)31-20(16)29-18-11(23)6-5-7-12(18)24/h5-8,10,35H,4,9H2,1-3H3,(H,29,31)/t10-/m0/s1. The van der Waals surface area contributed by atoms with Crippen molar-refractivity contribution in [3.8, 4) is 11.4 Å². The van der Waals surface area contributed by atoms with E-state index in [2.05, 4.69) is 15.5 Å². The van der Waals surface area contributed by atoms with Gasteiger partial charge in [-0.3, -0.25) is 9.25 Å². The minimum atomic E-state index is -4.80. The molecule has 9 nitrogen and oxygen atoms in total. The van der Waals surface area contributed by atoms with Gasteiger partial charge >= 0.3 is 11.9 Å². The summed E-state index contributed by atoms with van der Waals surface area (Å²) in [6.07, 6.45) is -7.15. The van der Waals surface area contributed by atoms with Crippen LogP contribution in [0, 0.1) is 11.6 Å². The third-order valence-electron chi connectivity index (χ3n) is 5.59. The number of alkyl halides is 3. The highest BCUT2D eigenvalue weighted by Crippen LogP contribution is 2.40. The first-order chi connectivity index (χ1) is 17.4. The third-order valence-corrected chi connectivity index (χ3v) is 5.90. The van der Waals surface area contributed by atoms with Gasteiger partial charge in [-0.1, -0.05) is 17.7 Å². The largest absolute Gasteiger partial charge is 0.480 e. The zero-order valence-electron chi connectivity index (χ0n) is 19.6. The van der Waals surface area contributed by atoms with Crippen LogP contribution in [0.4, 0.5) is 33.5 Å². The van der Waals surface area contributed by atoms with E-state index in [-0.39, 0.29) is 39.8 Å². The van der Waals surface area contributed by atoms with Crippen LogP contribution >= 0.6 is 11.6 Å². The molecular weight excluding hydrogens is 527 g/mol. The number of nitrogens with zero attached hydrogens (tertiary/aromatic N) is 5. The number of halogens is 6. The van der Waals surface area contributed by atoms with Crippen LogP contribution in [0.3, 0.4) is 0 Å². The second-order valence-corrected chi connectivity index (χ2v) is 8.35. The fourth-order valence-electron chi connectivity index (χ4n) is 3.75. The highest BCUT2D eigenvalue weighted by molar-refractivity contribution is 6.33. The number of ether oxygens (including phenoxy) is 1. The first kappa shape index (κ1) is 26.4. The van der Waals surface area contributed by atoms with E-state index in [0.717, 1.165) is 28.3 Å². The number of para-hydroxylation sites is 1. The Morgan fingerprint density at radius 1 is 1.24 bits per heavy atom. The van der Waals surface area contributed by atoms with Gasteiger partial charge in [-0.05, 0) is 26.0 Å². The van der Waals surface area contributed by atoms with Crippen molar-refractivity contribution in [3.63, 3.8) is 0 Å². The molecule has 0 radical (unpaired) electrons. The van der Waals surface area contributed by atoms with Crippen molar-refractivity contribution in [2.75, 3.05) is 5.32 Å². The average Bonchev–Trinajstić information content (AvgIpc) is 3.33. The molecule has 0 aliphatic heterocycles. The quantitative estimate of drug-likeness (QED) is 0.333. The molecule has 2 aromatic heterocycles. The lowest BCUT2D eigenvalue weighted by Crippen LogP contribution is -2.31. The van der Waals surface area contributed by atoms with Gasteiger partial charge in [0.2, 0.25) is 0 Å². The topological polar surface area (TPSA) is 99.1 Å². The Labute approximate surface area is 210 Å². The van der Waals surface area contributed by atoms with Crippen LogP contribution in [-0.4, -0.2) is 41.5 Å². The SMILES string of the molecule is CCn1c(CO)nn(-c2cc(O[C@@H](C)C(F)(F)F)c3c(Nc4c(F)cccc4Cl)nn(C)c3c2F)c1=O. The molecule has 0 saturated carbocycles. The molecule has 2 aromatic carbocycles. The Morgan fingerprint density at radius 2 is 1.95 bits per heavy atom. The molecular formula is C22H20ClF5N6O3. The van der Waals surface area contributed by atoms with E-state index in [4.69, 9.17) is 16.3 Å². The van der Waals surface area contributed by atoms with Crippen LogP contribution in [0.2, 0.25) is 5.02 Å². The number of fused-ring (bicyclic) bond motifs is 1. The molecule has 2 N–H and O–H groups in total. The van der Waals surface area contributed by atoms with Crippen LogP contribution in [-0.2, 0) is 20.2 Å². The van der Waals surface area contributed by atoms with Crippen LogP contribution in [0.25, 0.3) is 16.6 Å². The van der Waals surface area contributed by atoms with E-state index >= 15 is 4.39 Å². The summed E-state index contributed by atoms with van der Waals surface area (Å²) >= 11 is 6.06. The van der Waals surface area contributed by atoms with E-state index in [9.17, 15) is 27.5 Å². The molecule has 4 aromatic rings. The molecule has 0 bridgehead atoms. The van der Waals surface area contributed by atoms with Crippen LogP contribution < -0.4 is 15.7 Å². The fourth-order valence-corrected chi connectivity index (χ4v) is 3.96. The number of rotatable bonds is 7. The van der Waals surface area contributed by atoms with Gasteiger partial charge in [0, 0.05) is 19.7 Å². The smallest absolute Gasteiger partial charge is 0.425 e.